The van der Waals surface area contributed by atoms with Crippen LogP contribution in [-0.2, 0) is 6.42 Å². The fraction of sp³-hybridized carbons (Fsp3) is 0.538. The van der Waals surface area contributed by atoms with Crippen molar-refractivity contribution in [2.45, 2.75) is 34.1 Å². The number of nitrogens with zero attached hydrogens (tertiary/aromatic N) is 1. The van der Waals surface area contributed by atoms with E-state index in [-0.39, 0.29) is 0 Å². The average Bonchev–Trinajstić information content (AvgIpc) is 2.21. The van der Waals surface area contributed by atoms with Gasteiger partial charge in [-0.2, -0.15) is 0 Å². The van der Waals surface area contributed by atoms with Gasteiger partial charge in [0.25, 0.3) is 0 Å². The largest absolute Gasteiger partial charge is 0.372 e. The number of hydrogen-bond acceptors (Lipinski definition) is 1. The molecular weight excluding hydrogens is 170 g/mol. The lowest BCUT2D eigenvalue weighted by atomic mass is 10.1. The summed E-state index contributed by atoms with van der Waals surface area (Å²) >= 11 is 0. The standard InChI is InChI=1S/C13H21N/c1-5-12-10-11(4)8-9-13(12)14(6-2)7-3/h8-10H,5-7H2,1-4H3. The fourth-order valence-electron chi connectivity index (χ4n) is 1.87. The molecule has 0 saturated heterocycles. The van der Waals surface area contributed by atoms with Gasteiger partial charge in [0.15, 0.2) is 0 Å². The zero-order valence-electron chi connectivity index (χ0n) is 9.80. The van der Waals surface area contributed by atoms with E-state index >= 15 is 0 Å². The summed E-state index contributed by atoms with van der Waals surface area (Å²) in [4.78, 5) is 2.41. The highest BCUT2D eigenvalue weighted by Crippen LogP contribution is 2.22. The smallest absolute Gasteiger partial charge is 0.0398 e. The lowest BCUT2D eigenvalue weighted by molar-refractivity contribution is 0.855. The Morgan fingerprint density at radius 2 is 1.71 bits per heavy atom. The zero-order valence-corrected chi connectivity index (χ0v) is 9.80. The van der Waals surface area contributed by atoms with Crippen LogP contribution in [0.4, 0.5) is 5.69 Å². The van der Waals surface area contributed by atoms with Crippen LogP contribution in [0.1, 0.15) is 31.9 Å². The van der Waals surface area contributed by atoms with Gasteiger partial charge in [-0.25, -0.2) is 0 Å². The average molecular weight is 191 g/mol. The maximum absolute atomic E-state index is 2.41. The molecule has 1 aromatic rings. The van der Waals surface area contributed by atoms with Crippen LogP contribution in [0.2, 0.25) is 0 Å². The van der Waals surface area contributed by atoms with E-state index in [1.54, 1.807) is 0 Å². The molecule has 0 spiro atoms. The predicted octanol–water partition coefficient (Wildman–Crippen LogP) is 3.40. The molecule has 0 aliphatic carbocycles. The number of hydrogen-bond donors (Lipinski definition) is 0. The lowest BCUT2D eigenvalue weighted by Gasteiger charge is -2.24. The van der Waals surface area contributed by atoms with Crippen molar-refractivity contribution in [1.29, 1.82) is 0 Å². The fourth-order valence-corrected chi connectivity index (χ4v) is 1.87. The maximum Gasteiger partial charge on any atom is 0.0398 e. The molecule has 0 saturated carbocycles. The molecule has 0 amide bonds. The molecule has 0 heterocycles. The van der Waals surface area contributed by atoms with E-state index in [0.717, 1.165) is 19.5 Å². The Bertz CT molecular complexity index is 287. The van der Waals surface area contributed by atoms with Crippen molar-refractivity contribution in [1.82, 2.24) is 0 Å². The van der Waals surface area contributed by atoms with Crippen LogP contribution >= 0.6 is 0 Å². The van der Waals surface area contributed by atoms with E-state index in [1.165, 1.54) is 16.8 Å². The minimum Gasteiger partial charge on any atom is -0.372 e. The SMILES string of the molecule is CCc1cc(C)ccc1N(CC)CC. The third-order valence-corrected chi connectivity index (χ3v) is 2.72. The van der Waals surface area contributed by atoms with Crippen molar-refractivity contribution in [2.75, 3.05) is 18.0 Å². The first-order valence-corrected chi connectivity index (χ1v) is 5.57. The van der Waals surface area contributed by atoms with Crippen LogP contribution < -0.4 is 4.90 Å². The van der Waals surface area contributed by atoms with E-state index in [2.05, 4.69) is 50.8 Å². The molecular formula is C13H21N. The Morgan fingerprint density at radius 3 is 2.21 bits per heavy atom. The van der Waals surface area contributed by atoms with E-state index < -0.39 is 0 Å². The number of aryl methyl sites for hydroxylation is 2. The molecule has 0 fully saturated rings. The first-order valence-electron chi connectivity index (χ1n) is 5.57. The Labute approximate surface area is 87.7 Å². The van der Waals surface area contributed by atoms with Crippen LogP contribution in [0.15, 0.2) is 18.2 Å². The Morgan fingerprint density at radius 1 is 1.07 bits per heavy atom. The summed E-state index contributed by atoms with van der Waals surface area (Å²) in [6, 6.07) is 6.75. The minimum atomic E-state index is 1.09. The van der Waals surface area contributed by atoms with Crippen molar-refractivity contribution in [3.8, 4) is 0 Å². The topological polar surface area (TPSA) is 3.24 Å². The molecule has 0 atom stereocenters. The van der Waals surface area contributed by atoms with Crippen LogP contribution in [0, 0.1) is 6.92 Å². The van der Waals surface area contributed by atoms with Crippen LogP contribution in [0.3, 0.4) is 0 Å². The van der Waals surface area contributed by atoms with Crippen molar-refractivity contribution < 1.29 is 0 Å². The highest BCUT2D eigenvalue weighted by atomic mass is 15.1. The van der Waals surface area contributed by atoms with Crippen LogP contribution in [0.5, 0.6) is 0 Å². The number of benzene rings is 1. The number of anilines is 1. The molecule has 0 aliphatic rings. The normalized spacial score (nSPS) is 10.3. The Kier molecular flexibility index (Phi) is 3.99. The summed E-state index contributed by atoms with van der Waals surface area (Å²) in [5.74, 6) is 0. The van der Waals surface area contributed by atoms with Crippen molar-refractivity contribution in [3.05, 3.63) is 29.3 Å². The Balaban J connectivity index is 3.06. The van der Waals surface area contributed by atoms with Gasteiger partial charge in [0.2, 0.25) is 0 Å². The first-order chi connectivity index (χ1) is 6.72. The van der Waals surface area contributed by atoms with E-state index in [1.807, 2.05) is 0 Å². The van der Waals surface area contributed by atoms with Gasteiger partial charge in [-0.15, -0.1) is 0 Å². The molecule has 0 N–H and O–H groups in total. The van der Waals surface area contributed by atoms with Gasteiger partial charge >= 0.3 is 0 Å². The molecule has 1 aromatic carbocycles. The maximum atomic E-state index is 2.41. The second-order valence-electron chi connectivity index (χ2n) is 3.66. The second kappa shape index (κ2) is 5.04. The molecule has 78 valence electrons. The molecule has 1 nitrogen and oxygen atoms in total. The molecule has 1 rings (SSSR count). The van der Waals surface area contributed by atoms with E-state index in [4.69, 9.17) is 0 Å². The third kappa shape index (κ3) is 2.28. The highest BCUT2D eigenvalue weighted by molar-refractivity contribution is 5.54. The quantitative estimate of drug-likeness (QED) is 0.705. The molecule has 0 aliphatic heterocycles. The molecule has 0 unspecified atom stereocenters. The third-order valence-electron chi connectivity index (χ3n) is 2.72. The monoisotopic (exact) mass is 191 g/mol. The van der Waals surface area contributed by atoms with Crippen molar-refractivity contribution in [2.24, 2.45) is 0 Å². The molecule has 1 heteroatoms. The van der Waals surface area contributed by atoms with E-state index in [9.17, 15) is 0 Å². The van der Waals surface area contributed by atoms with Gasteiger partial charge in [0.05, 0.1) is 0 Å². The van der Waals surface area contributed by atoms with E-state index in [0.29, 0.717) is 0 Å². The van der Waals surface area contributed by atoms with Gasteiger partial charge in [0.1, 0.15) is 0 Å². The molecule has 0 aromatic heterocycles. The highest BCUT2D eigenvalue weighted by Gasteiger charge is 2.06. The zero-order chi connectivity index (χ0) is 10.6. The molecule has 0 bridgehead atoms. The van der Waals surface area contributed by atoms with Gasteiger partial charge in [-0.05, 0) is 38.8 Å². The van der Waals surface area contributed by atoms with Crippen molar-refractivity contribution >= 4 is 5.69 Å². The molecule has 0 radical (unpaired) electrons. The number of rotatable bonds is 4. The first kappa shape index (κ1) is 11.1. The Hall–Kier alpha value is -0.980. The van der Waals surface area contributed by atoms with Gasteiger partial charge in [0, 0.05) is 18.8 Å². The van der Waals surface area contributed by atoms with Crippen LogP contribution in [-0.4, -0.2) is 13.1 Å². The van der Waals surface area contributed by atoms with Gasteiger partial charge < -0.3 is 4.90 Å². The lowest BCUT2D eigenvalue weighted by Crippen LogP contribution is -2.23. The van der Waals surface area contributed by atoms with Gasteiger partial charge in [-0.3, -0.25) is 0 Å². The summed E-state index contributed by atoms with van der Waals surface area (Å²) in [6.07, 6.45) is 1.12. The van der Waals surface area contributed by atoms with Crippen LogP contribution in [0.25, 0.3) is 0 Å². The second-order valence-corrected chi connectivity index (χ2v) is 3.66. The molecule has 14 heavy (non-hydrogen) atoms. The summed E-state index contributed by atoms with van der Waals surface area (Å²) < 4.78 is 0. The van der Waals surface area contributed by atoms with Crippen molar-refractivity contribution in [3.63, 3.8) is 0 Å². The van der Waals surface area contributed by atoms with Gasteiger partial charge in [-0.1, -0.05) is 24.6 Å². The summed E-state index contributed by atoms with van der Waals surface area (Å²) in [5, 5.41) is 0. The predicted molar refractivity (Wildman–Crippen MR) is 64.1 cm³/mol. The summed E-state index contributed by atoms with van der Waals surface area (Å²) in [7, 11) is 0. The summed E-state index contributed by atoms with van der Waals surface area (Å²) in [6.45, 7) is 11.0. The minimum absolute atomic E-state index is 1.09. The summed E-state index contributed by atoms with van der Waals surface area (Å²) in [5.41, 5.74) is 4.23.